The van der Waals surface area contributed by atoms with Gasteiger partial charge in [0, 0.05) is 19.2 Å². The van der Waals surface area contributed by atoms with Crippen LogP contribution < -0.4 is 10.1 Å². The Morgan fingerprint density at radius 1 is 1.26 bits per heavy atom. The summed E-state index contributed by atoms with van der Waals surface area (Å²) < 4.78 is 7.46. The van der Waals surface area contributed by atoms with Gasteiger partial charge in [-0.15, -0.1) is 0 Å². The molecule has 0 unspecified atom stereocenters. The van der Waals surface area contributed by atoms with Crippen LogP contribution in [0.1, 0.15) is 16.8 Å². The van der Waals surface area contributed by atoms with Gasteiger partial charge in [0.2, 0.25) is 0 Å². The van der Waals surface area contributed by atoms with E-state index in [9.17, 15) is 0 Å². The predicted octanol–water partition coefficient (Wildman–Crippen LogP) is 2.43. The fourth-order valence-corrected chi connectivity index (χ4v) is 2.46. The van der Waals surface area contributed by atoms with Crippen molar-refractivity contribution in [3.63, 3.8) is 0 Å². The van der Waals surface area contributed by atoms with Crippen LogP contribution in [-0.2, 0) is 13.6 Å². The second-order valence-electron chi connectivity index (χ2n) is 4.84. The molecule has 0 aliphatic rings. The second kappa shape index (κ2) is 5.45. The van der Waals surface area contributed by atoms with Crippen LogP contribution >= 0.6 is 0 Å². The molecule has 0 amide bonds. The van der Waals surface area contributed by atoms with E-state index in [1.54, 1.807) is 7.11 Å². The topological polar surface area (TPSA) is 39.1 Å². The maximum atomic E-state index is 5.55. The quantitative estimate of drug-likeness (QED) is 0.916. The highest BCUT2D eigenvalue weighted by atomic mass is 16.5. The molecule has 1 heterocycles. The minimum atomic E-state index is 0.765. The van der Waals surface area contributed by atoms with Crippen LogP contribution in [0.15, 0.2) is 18.2 Å². The van der Waals surface area contributed by atoms with E-state index in [-0.39, 0.29) is 0 Å². The molecule has 1 aromatic carbocycles. The summed E-state index contributed by atoms with van der Waals surface area (Å²) in [5.41, 5.74) is 5.57. The summed E-state index contributed by atoms with van der Waals surface area (Å²) in [6, 6.07) is 6.38. The maximum Gasteiger partial charge on any atom is 0.131 e. The number of nitrogens with one attached hydrogen (secondary N) is 1. The Balaban J connectivity index is 2.57. The molecular weight excluding hydrogens is 238 g/mol. The fraction of sp³-hybridized carbons (Fsp3) is 0.400. The Morgan fingerprint density at radius 3 is 2.63 bits per heavy atom. The molecule has 0 aliphatic heterocycles. The third-order valence-corrected chi connectivity index (χ3v) is 3.19. The molecule has 4 heteroatoms. The van der Waals surface area contributed by atoms with Crippen LogP contribution in [0, 0.1) is 13.8 Å². The number of aromatic nitrogens is 2. The number of hydrogen-bond donors (Lipinski definition) is 1. The molecule has 0 aliphatic carbocycles. The highest BCUT2D eigenvalue weighted by Crippen LogP contribution is 2.34. The van der Waals surface area contributed by atoms with Gasteiger partial charge in [0.1, 0.15) is 5.75 Å². The van der Waals surface area contributed by atoms with E-state index < -0.39 is 0 Å². The first kappa shape index (κ1) is 13.6. The van der Waals surface area contributed by atoms with Crippen LogP contribution in [0.4, 0.5) is 0 Å². The van der Waals surface area contributed by atoms with Gasteiger partial charge in [-0.25, -0.2) is 0 Å². The molecule has 0 bridgehead atoms. The van der Waals surface area contributed by atoms with Crippen LogP contribution in [0.5, 0.6) is 5.75 Å². The summed E-state index contributed by atoms with van der Waals surface area (Å²) in [5.74, 6) is 0.921. The lowest BCUT2D eigenvalue weighted by Gasteiger charge is -2.12. The van der Waals surface area contributed by atoms with Gasteiger partial charge in [-0.2, -0.15) is 5.10 Å². The van der Waals surface area contributed by atoms with Crippen molar-refractivity contribution >= 4 is 0 Å². The van der Waals surface area contributed by atoms with Gasteiger partial charge < -0.3 is 10.1 Å². The first-order valence-electron chi connectivity index (χ1n) is 6.40. The maximum absolute atomic E-state index is 5.55. The van der Waals surface area contributed by atoms with Crippen molar-refractivity contribution in [2.45, 2.75) is 20.4 Å². The van der Waals surface area contributed by atoms with Crippen molar-refractivity contribution in [2.75, 3.05) is 14.2 Å². The fourth-order valence-electron chi connectivity index (χ4n) is 2.46. The molecule has 0 atom stereocenters. The van der Waals surface area contributed by atoms with Crippen molar-refractivity contribution in [3.05, 3.63) is 35.0 Å². The number of methoxy groups -OCH3 is 1. The van der Waals surface area contributed by atoms with Crippen LogP contribution in [0.2, 0.25) is 0 Å². The van der Waals surface area contributed by atoms with Gasteiger partial charge in [0.25, 0.3) is 0 Å². The summed E-state index contributed by atoms with van der Waals surface area (Å²) in [6.45, 7) is 4.93. The minimum Gasteiger partial charge on any atom is -0.496 e. The monoisotopic (exact) mass is 259 g/mol. The molecule has 0 radical (unpaired) electrons. The Bertz CT molecular complexity index is 587. The van der Waals surface area contributed by atoms with Crippen molar-refractivity contribution < 1.29 is 4.74 Å². The van der Waals surface area contributed by atoms with Gasteiger partial charge >= 0.3 is 0 Å². The Morgan fingerprint density at radius 2 is 2.00 bits per heavy atom. The summed E-state index contributed by atoms with van der Waals surface area (Å²) in [5, 5.41) is 7.63. The highest BCUT2D eigenvalue weighted by Gasteiger charge is 2.14. The average Bonchev–Trinajstić information content (AvgIpc) is 2.70. The Labute approximate surface area is 114 Å². The van der Waals surface area contributed by atoms with Crippen molar-refractivity contribution in [2.24, 2.45) is 7.05 Å². The van der Waals surface area contributed by atoms with Crippen LogP contribution in [-0.4, -0.2) is 23.9 Å². The summed E-state index contributed by atoms with van der Waals surface area (Å²) in [6.07, 6.45) is 0. The molecule has 1 N–H and O–H groups in total. The van der Waals surface area contributed by atoms with Gasteiger partial charge in [-0.05, 0) is 44.2 Å². The standard InChI is InChI=1S/C15H21N3O/c1-10-6-11(2)15(19-5)13(7-10)14-8-12(9-16-3)17-18(14)4/h6-8,16H,9H2,1-5H3. The lowest BCUT2D eigenvalue weighted by Crippen LogP contribution is -2.05. The molecule has 0 saturated carbocycles. The van der Waals surface area contributed by atoms with E-state index in [2.05, 4.69) is 42.5 Å². The van der Waals surface area contributed by atoms with E-state index in [0.29, 0.717) is 0 Å². The lowest BCUT2D eigenvalue weighted by molar-refractivity contribution is 0.413. The first-order chi connectivity index (χ1) is 9.06. The average molecular weight is 259 g/mol. The minimum absolute atomic E-state index is 0.765. The number of aryl methyl sites for hydroxylation is 3. The van der Waals surface area contributed by atoms with Crippen molar-refractivity contribution in [1.82, 2.24) is 15.1 Å². The molecule has 0 fully saturated rings. The Hall–Kier alpha value is -1.81. The largest absolute Gasteiger partial charge is 0.496 e. The highest BCUT2D eigenvalue weighted by molar-refractivity contribution is 5.70. The van der Waals surface area contributed by atoms with Crippen LogP contribution in [0.3, 0.4) is 0 Å². The summed E-state index contributed by atoms with van der Waals surface area (Å²) in [4.78, 5) is 0. The van der Waals surface area contributed by atoms with Crippen molar-refractivity contribution in [3.8, 4) is 17.0 Å². The smallest absolute Gasteiger partial charge is 0.131 e. The van der Waals surface area contributed by atoms with E-state index in [0.717, 1.165) is 34.8 Å². The Kier molecular flexibility index (Phi) is 3.90. The molecule has 2 rings (SSSR count). The van der Waals surface area contributed by atoms with E-state index >= 15 is 0 Å². The molecular formula is C15H21N3O. The van der Waals surface area contributed by atoms with Gasteiger partial charge in [0.15, 0.2) is 0 Å². The van der Waals surface area contributed by atoms with Gasteiger partial charge in [0.05, 0.1) is 18.5 Å². The number of rotatable bonds is 4. The van der Waals surface area contributed by atoms with Crippen LogP contribution in [0.25, 0.3) is 11.3 Å². The second-order valence-corrected chi connectivity index (χ2v) is 4.84. The third-order valence-electron chi connectivity index (χ3n) is 3.19. The van der Waals surface area contributed by atoms with E-state index in [1.165, 1.54) is 5.56 Å². The SMILES string of the molecule is CNCc1cc(-c2cc(C)cc(C)c2OC)n(C)n1. The third kappa shape index (κ3) is 2.63. The zero-order valence-electron chi connectivity index (χ0n) is 12.2. The van der Waals surface area contributed by atoms with Crippen molar-refractivity contribution in [1.29, 1.82) is 0 Å². The zero-order chi connectivity index (χ0) is 14.0. The zero-order valence-corrected chi connectivity index (χ0v) is 12.2. The number of ether oxygens (including phenoxy) is 1. The molecule has 0 saturated heterocycles. The number of hydrogen-bond acceptors (Lipinski definition) is 3. The normalized spacial score (nSPS) is 10.8. The lowest BCUT2D eigenvalue weighted by atomic mass is 10.0. The van der Waals surface area contributed by atoms with E-state index in [1.807, 2.05) is 18.8 Å². The van der Waals surface area contributed by atoms with Gasteiger partial charge in [-0.1, -0.05) is 6.07 Å². The molecule has 0 spiro atoms. The predicted molar refractivity (Wildman–Crippen MR) is 77.4 cm³/mol. The van der Waals surface area contributed by atoms with E-state index in [4.69, 9.17) is 4.74 Å². The van der Waals surface area contributed by atoms with Gasteiger partial charge in [-0.3, -0.25) is 4.68 Å². The molecule has 19 heavy (non-hydrogen) atoms. The number of nitrogens with zero attached hydrogens (tertiary/aromatic N) is 2. The summed E-state index contributed by atoms with van der Waals surface area (Å²) >= 11 is 0. The summed E-state index contributed by atoms with van der Waals surface area (Å²) in [7, 11) is 5.60. The first-order valence-corrected chi connectivity index (χ1v) is 6.40. The molecule has 2 aromatic rings. The molecule has 4 nitrogen and oxygen atoms in total. The molecule has 1 aromatic heterocycles. The number of benzene rings is 1. The molecule has 102 valence electrons.